The second-order valence-corrected chi connectivity index (χ2v) is 4.65. The Labute approximate surface area is 102 Å². The zero-order valence-electron chi connectivity index (χ0n) is 8.40. The van der Waals surface area contributed by atoms with E-state index in [4.69, 9.17) is 4.74 Å². The molecule has 2 aromatic rings. The van der Waals surface area contributed by atoms with E-state index in [1.165, 1.54) is 0 Å². The molecule has 0 aliphatic carbocycles. The fourth-order valence-electron chi connectivity index (χ4n) is 1.93. The molecule has 1 N–H and O–H groups in total. The molecular weight excluding hydrogens is 268 g/mol. The Morgan fingerprint density at radius 3 is 2.88 bits per heavy atom. The van der Waals surface area contributed by atoms with Crippen LogP contribution in [-0.2, 0) is 6.42 Å². The van der Waals surface area contributed by atoms with Crippen molar-refractivity contribution in [2.45, 2.75) is 6.42 Å². The first-order valence-electron chi connectivity index (χ1n) is 5.01. The second kappa shape index (κ2) is 3.52. The molecule has 0 saturated heterocycles. The molecule has 0 amide bonds. The lowest BCUT2D eigenvalue weighted by molar-refractivity contribution is 0.447. The van der Waals surface area contributed by atoms with E-state index >= 15 is 0 Å². The smallest absolute Gasteiger partial charge is 0.145 e. The summed E-state index contributed by atoms with van der Waals surface area (Å²) in [6, 6.07) is 11.2. The molecule has 0 bridgehead atoms. The lowest BCUT2D eigenvalue weighted by Gasteiger charge is -2.21. The first kappa shape index (κ1) is 9.73. The van der Waals surface area contributed by atoms with E-state index in [1.807, 2.05) is 18.2 Å². The van der Waals surface area contributed by atoms with Gasteiger partial charge in [-0.05, 0) is 40.2 Å². The maximum atomic E-state index is 9.43. The highest BCUT2D eigenvalue weighted by atomic mass is 79.9. The molecule has 1 heterocycles. The first-order chi connectivity index (χ1) is 7.74. The van der Waals surface area contributed by atoms with E-state index < -0.39 is 0 Å². The molecular formula is C13H9BrO2. The summed E-state index contributed by atoms with van der Waals surface area (Å²) >= 11 is 3.47. The van der Waals surface area contributed by atoms with E-state index in [-0.39, 0.29) is 5.75 Å². The van der Waals surface area contributed by atoms with Gasteiger partial charge in [-0.15, -0.1) is 0 Å². The molecule has 2 aromatic carbocycles. The average Bonchev–Trinajstić information content (AvgIpc) is 2.27. The number of phenolic OH excluding ortho intramolecular Hbond substituents is 1. The lowest BCUT2D eigenvalue weighted by Crippen LogP contribution is -2.03. The van der Waals surface area contributed by atoms with Gasteiger partial charge in [0, 0.05) is 17.5 Å². The summed E-state index contributed by atoms with van der Waals surface area (Å²) < 4.78 is 6.77. The highest BCUT2D eigenvalue weighted by molar-refractivity contribution is 9.10. The van der Waals surface area contributed by atoms with Crippen LogP contribution in [0.3, 0.4) is 0 Å². The van der Waals surface area contributed by atoms with Crippen LogP contribution in [0.4, 0.5) is 0 Å². The quantitative estimate of drug-likeness (QED) is 0.676. The number of hydrogen-bond acceptors (Lipinski definition) is 2. The summed E-state index contributed by atoms with van der Waals surface area (Å²) in [5, 5.41) is 9.43. The van der Waals surface area contributed by atoms with Gasteiger partial charge in [0.05, 0.1) is 4.47 Å². The van der Waals surface area contributed by atoms with Crippen molar-refractivity contribution in [2.24, 2.45) is 0 Å². The zero-order valence-corrected chi connectivity index (χ0v) is 9.99. The Kier molecular flexibility index (Phi) is 2.14. The van der Waals surface area contributed by atoms with Crippen LogP contribution >= 0.6 is 15.9 Å². The van der Waals surface area contributed by atoms with Crippen LogP contribution in [0.2, 0.25) is 0 Å². The molecule has 0 unspecified atom stereocenters. The minimum absolute atomic E-state index is 0.279. The van der Waals surface area contributed by atoms with Crippen molar-refractivity contribution in [2.75, 3.05) is 0 Å². The van der Waals surface area contributed by atoms with Crippen molar-refractivity contribution in [3.8, 4) is 17.2 Å². The van der Waals surface area contributed by atoms with Crippen LogP contribution < -0.4 is 4.74 Å². The van der Waals surface area contributed by atoms with Crippen LogP contribution in [0.1, 0.15) is 11.1 Å². The molecule has 1 aliphatic rings. The predicted molar refractivity (Wildman–Crippen MR) is 65.1 cm³/mol. The Morgan fingerprint density at radius 1 is 1.12 bits per heavy atom. The molecule has 3 heteroatoms. The van der Waals surface area contributed by atoms with Gasteiger partial charge in [0.2, 0.25) is 0 Å². The third-order valence-corrected chi connectivity index (χ3v) is 3.31. The monoisotopic (exact) mass is 276 g/mol. The van der Waals surface area contributed by atoms with Crippen LogP contribution in [0.25, 0.3) is 0 Å². The third kappa shape index (κ3) is 1.48. The second-order valence-electron chi connectivity index (χ2n) is 3.80. The van der Waals surface area contributed by atoms with Crippen molar-refractivity contribution >= 4 is 15.9 Å². The maximum absolute atomic E-state index is 9.43. The Morgan fingerprint density at radius 2 is 2.00 bits per heavy atom. The van der Waals surface area contributed by atoms with Crippen LogP contribution in [-0.4, -0.2) is 5.11 Å². The number of hydrogen-bond donors (Lipinski definition) is 1. The summed E-state index contributed by atoms with van der Waals surface area (Å²) in [5.41, 5.74) is 2.15. The molecule has 80 valence electrons. The van der Waals surface area contributed by atoms with Crippen LogP contribution in [0.5, 0.6) is 17.2 Å². The van der Waals surface area contributed by atoms with Gasteiger partial charge in [-0.3, -0.25) is 0 Å². The van der Waals surface area contributed by atoms with Gasteiger partial charge in [0.25, 0.3) is 0 Å². The Hall–Kier alpha value is -1.48. The van der Waals surface area contributed by atoms with Crippen LogP contribution in [0.15, 0.2) is 40.9 Å². The fraction of sp³-hybridized carbons (Fsp3) is 0.0769. The van der Waals surface area contributed by atoms with E-state index in [0.717, 1.165) is 33.5 Å². The molecule has 16 heavy (non-hydrogen) atoms. The maximum Gasteiger partial charge on any atom is 0.145 e. The summed E-state index contributed by atoms with van der Waals surface area (Å²) in [4.78, 5) is 0. The number of benzene rings is 2. The van der Waals surface area contributed by atoms with Crippen LogP contribution in [0, 0.1) is 0 Å². The van der Waals surface area contributed by atoms with E-state index in [0.29, 0.717) is 0 Å². The number of fused-ring (bicyclic) bond motifs is 2. The topological polar surface area (TPSA) is 29.5 Å². The molecule has 0 radical (unpaired) electrons. The molecule has 2 nitrogen and oxygen atoms in total. The zero-order chi connectivity index (χ0) is 11.1. The highest BCUT2D eigenvalue weighted by Crippen LogP contribution is 2.41. The molecule has 1 aliphatic heterocycles. The molecule has 0 saturated carbocycles. The van der Waals surface area contributed by atoms with E-state index in [9.17, 15) is 5.11 Å². The van der Waals surface area contributed by atoms with Crippen molar-refractivity contribution in [1.29, 1.82) is 0 Å². The normalized spacial score (nSPS) is 12.6. The van der Waals surface area contributed by atoms with Gasteiger partial charge in [-0.2, -0.15) is 0 Å². The Bertz CT molecular complexity index is 564. The molecule has 0 atom stereocenters. The number of rotatable bonds is 0. The predicted octanol–water partition coefficient (Wildman–Crippen LogP) is 3.85. The van der Waals surface area contributed by atoms with Gasteiger partial charge >= 0.3 is 0 Å². The number of para-hydroxylation sites is 1. The van der Waals surface area contributed by atoms with Crippen molar-refractivity contribution in [1.82, 2.24) is 0 Å². The fourth-order valence-corrected chi connectivity index (χ4v) is 2.41. The molecule has 0 aromatic heterocycles. The molecule has 0 spiro atoms. The van der Waals surface area contributed by atoms with Crippen molar-refractivity contribution < 1.29 is 9.84 Å². The number of halogens is 1. The molecule has 0 fully saturated rings. The SMILES string of the molecule is Oc1ccc2c(c1)Cc1cccc(Br)c1O2. The van der Waals surface area contributed by atoms with E-state index in [1.54, 1.807) is 18.2 Å². The highest BCUT2D eigenvalue weighted by Gasteiger charge is 2.18. The Balaban J connectivity index is 2.13. The minimum Gasteiger partial charge on any atom is -0.508 e. The van der Waals surface area contributed by atoms with E-state index in [2.05, 4.69) is 15.9 Å². The van der Waals surface area contributed by atoms with Gasteiger partial charge in [0.1, 0.15) is 17.2 Å². The standard InChI is InChI=1S/C13H9BrO2/c14-11-3-1-2-8-6-9-7-10(15)4-5-12(9)16-13(8)11/h1-5,7,15H,6H2. The summed E-state index contributed by atoms with van der Waals surface area (Å²) in [6.45, 7) is 0. The first-order valence-corrected chi connectivity index (χ1v) is 5.80. The lowest BCUT2D eigenvalue weighted by atomic mass is 10.0. The third-order valence-electron chi connectivity index (χ3n) is 2.69. The minimum atomic E-state index is 0.279. The molecule has 3 rings (SSSR count). The summed E-state index contributed by atoms with van der Waals surface area (Å²) in [7, 11) is 0. The largest absolute Gasteiger partial charge is 0.508 e. The van der Waals surface area contributed by atoms with Gasteiger partial charge in [-0.1, -0.05) is 12.1 Å². The van der Waals surface area contributed by atoms with Crippen molar-refractivity contribution in [3.63, 3.8) is 0 Å². The summed E-state index contributed by atoms with van der Waals surface area (Å²) in [5.74, 6) is 1.97. The summed E-state index contributed by atoms with van der Waals surface area (Å²) in [6.07, 6.45) is 0.790. The number of ether oxygens (including phenoxy) is 1. The van der Waals surface area contributed by atoms with Gasteiger partial charge in [0.15, 0.2) is 0 Å². The van der Waals surface area contributed by atoms with Gasteiger partial charge in [-0.25, -0.2) is 0 Å². The number of aromatic hydroxyl groups is 1. The number of phenols is 1. The van der Waals surface area contributed by atoms with Gasteiger partial charge < -0.3 is 9.84 Å². The average molecular weight is 277 g/mol. The van der Waals surface area contributed by atoms with Crippen molar-refractivity contribution in [3.05, 3.63) is 52.0 Å².